The Labute approximate surface area is 173 Å². The summed E-state index contributed by atoms with van der Waals surface area (Å²) in [5.41, 5.74) is 0.409. The van der Waals surface area contributed by atoms with Gasteiger partial charge in [-0.3, -0.25) is 9.59 Å². The highest BCUT2D eigenvalue weighted by Gasteiger charge is 2.46. The Morgan fingerprint density at radius 3 is 2.47 bits per heavy atom. The number of nitrogens with zero attached hydrogens (tertiary/aromatic N) is 1. The normalized spacial score (nSPS) is 18.3. The van der Waals surface area contributed by atoms with Gasteiger partial charge in [0.1, 0.15) is 11.6 Å². The molecule has 1 aliphatic heterocycles. The first-order valence-corrected chi connectivity index (χ1v) is 9.54. The SMILES string of the molecule is COCCN1C(=O)C(=O)/C(=C(/O)c2ccc3ccccc3c2)C1c1ccccc1F. The monoisotopic (exact) mass is 405 g/mol. The minimum absolute atomic E-state index is 0.0918. The quantitative estimate of drug-likeness (QED) is 0.395. The van der Waals surface area contributed by atoms with E-state index in [9.17, 15) is 19.1 Å². The predicted molar refractivity (Wildman–Crippen MR) is 111 cm³/mol. The number of aliphatic hydroxyl groups is 1. The summed E-state index contributed by atoms with van der Waals surface area (Å²) in [6.07, 6.45) is 0. The van der Waals surface area contributed by atoms with Crippen molar-refractivity contribution in [3.05, 3.63) is 89.2 Å². The zero-order valence-electron chi connectivity index (χ0n) is 16.3. The molecule has 1 amide bonds. The fourth-order valence-electron chi connectivity index (χ4n) is 3.81. The van der Waals surface area contributed by atoms with Gasteiger partial charge in [-0.1, -0.05) is 54.6 Å². The van der Waals surface area contributed by atoms with Crippen molar-refractivity contribution in [2.75, 3.05) is 20.3 Å². The van der Waals surface area contributed by atoms with E-state index in [0.717, 1.165) is 10.8 Å². The van der Waals surface area contributed by atoms with Gasteiger partial charge < -0.3 is 14.7 Å². The number of rotatable bonds is 5. The molecule has 1 atom stereocenters. The fourth-order valence-corrected chi connectivity index (χ4v) is 3.81. The van der Waals surface area contributed by atoms with Crippen LogP contribution in [0, 0.1) is 5.82 Å². The Morgan fingerprint density at radius 2 is 1.73 bits per heavy atom. The number of ketones is 1. The topological polar surface area (TPSA) is 66.8 Å². The van der Waals surface area contributed by atoms with Crippen LogP contribution in [-0.2, 0) is 14.3 Å². The number of amides is 1. The van der Waals surface area contributed by atoms with E-state index in [0.29, 0.717) is 5.56 Å². The van der Waals surface area contributed by atoms with E-state index in [4.69, 9.17) is 4.74 Å². The van der Waals surface area contributed by atoms with Crippen molar-refractivity contribution in [1.29, 1.82) is 0 Å². The molecule has 1 fully saturated rings. The molecule has 3 aromatic rings. The van der Waals surface area contributed by atoms with Gasteiger partial charge in [0.15, 0.2) is 0 Å². The molecule has 5 nitrogen and oxygen atoms in total. The minimum atomic E-state index is -1.03. The van der Waals surface area contributed by atoms with Gasteiger partial charge in [0.25, 0.3) is 11.7 Å². The lowest BCUT2D eigenvalue weighted by atomic mass is 9.94. The first kappa shape index (κ1) is 19.8. The zero-order chi connectivity index (χ0) is 21.3. The van der Waals surface area contributed by atoms with E-state index in [2.05, 4.69) is 0 Å². The molecule has 1 heterocycles. The highest BCUT2D eigenvalue weighted by atomic mass is 19.1. The molecule has 0 spiro atoms. The maximum Gasteiger partial charge on any atom is 0.295 e. The number of benzene rings is 3. The predicted octanol–water partition coefficient (Wildman–Crippen LogP) is 4.05. The van der Waals surface area contributed by atoms with Crippen molar-refractivity contribution in [2.45, 2.75) is 6.04 Å². The van der Waals surface area contributed by atoms with Gasteiger partial charge in [-0.25, -0.2) is 4.39 Å². The number of aliphatic hydroxyl groups excluding tert-OH is 1. The molecular formula is C24H20FNO4. The molecule has 1 saturated heterocycles. The maximum absolute atomic E-state index is 14.7. The summed E-state index contributed by atoms with van der Waals surface area (Å²) >= 11 is 0. The number of likely N-dealkylation sites (tertiary alicyclic amines) is 1. The van der Waals surface area contributed by atoms with Gasteiger partial charge in [-0.05, 0) is 22.9 Å². The lowest BCUT2D eigenvalue weighted by Gasteiger charge is -2.25. The number of carbonyl (C=O) groups is 2. The number of hydrogen-bond acceptors (Lipinski definition) is 4. The summed E-state index contributed by atoms with van der Waals surface area (Å²) in [6.45, 7) is 0.266. The number of hydrogen-bond donors (Lipinski definition) is 1. The zero-order valence-corrected chi connectivity index (χ0v) is 16.3. The second-order valence-electron chi connectivity index (χ2n) is 7.07. The number of halogens is 1. The third-order valence-electron chi connectivity index (χ3n) is 5.30. The largest absolute Gasteiger partial charge is 0.507 e. The van der Waals surface area contributed by atoms with Crippen molar-refractivity contribution in [2.24, 2.45) is 0 Å². The number of carbonyl (C=O) groups excluding carboxylic acids is 2. The van der Waals surface area contributed by atoms with Crippen LogP contribution in [0.5, 0.6) is 0 Å². The van der Waals surface area contributed by atoms with Crippen LogP contribution < -0.4 is 0 Å². The Morgan fingerprint density at radius 1 is 1.03 bits per heavy atom. The molecule has 0 aromatic heterocycles. The molecule has 0 bridgehead atoms. The smallest absolute Gasteiger partial charge is 0.295 e. The highest BCUT2D eigenvalue weighted by molar-refractivity contribution is 6.46. The lowest BCUT2D eigenvalue weighted by molar-refractivity contribution is -0.140. The van der Waals surface area contributed by atoms with Crippen LogP contribution in [0.25, 0.3) is 16.5 Å². The van der Waals surface area contributed by atoms with Gasteiger partial charge in [0.05, 0.1) is 18.2 Å². The molecular weight excluding hydrogens is 385 g/mol. The molecule has 6 heteroatoms. The first-order valence-electron chi connectivity index (χ1n) is 9.54. The summed E-state index contributed by atoms with van der Waals surface area (Å²) in [5, 5.41) is 12.9. The van der Waals surface area contributed by atoms with Crippen LogP contribution in [0.1, 0.15) is 17.2 Å². The molecule has 0 radical (unpaired) electrons. The molecule has 0 saturated carbocycles. The third-order valence-corrected chi connectivity index (χ3v) is 5.30. The van der Waals surface area contributed by atoms with Crippen LogP contribution in [0.4, 0.5) is 4.39 Å². The molecule has 0 aliphatic carbocycles. The maximum atomic E-state index is 14.7. The van der Waals surface area contributed by atoms with Gasteiger partial charge in [-0.2, -0.15) is 0 Å². The van der Waals surface area contributed by atoms with Gasteiger partial charge in [0.2, 0.25) is 0 Å². The van der Waals surface area contributed by atoms with E-state index >= 15 is 0 Å². The second kappa shape index (κ2) is 8.08. The van der Waals surface area contributed by atoms with Gasteiger partial charge >= 0.3 is 0 Å². The van der Waals surface area contributed by atoms with Crippen molar-refractivity contribution in [3.8, 4) is 0 Å². The van der Waals surface area contributed by atoms with E-state index in [1.165, 1.54) is 30.2 Å². The summed E-state index contributed by atoms with van der Waals surface area (Å²) in [5.74, 6) is -2.52. The summed E-state index contributed by atoms with van der Waals surface area (Å²) in [6, 6.07) is 17.7. The molecule has 4 rings (SSSR count). The summed E-state index contributed by atoms with van der Waals surface area (Å²) in [7, 11) is 1.48. The number of Topliss-reactive ketones (excluding diaryl/α,β-unsaturated/α-hetero) is 1. The van der Waals surface area contributed by atoms with Crippen molar-refractivity contribution < 1.29 is 23.8 Å². The average Bonchev–Trinajstić information content (AvgIpc) is 3.01. The summed E-state index contributed by atoms with van der Waals surface area (Å²) in [4.78, 5) is 26.8. The summed E-state index contributed by atoms with van der Waals surface area (Å²) < 4.78 is 19.7. The third kappa shape index (κ3) is 3.35. The molecule has 1 N–H and O–H groups in total. The number of methoxy groups -OCH3 is 1. The van der Waals surface area contributed by atoms with Crippen LogP contribution in [0.15, 0.2) is 72.3 Å². The van der Waals surface area contributed by atoms with Crippen LogP contribution >= 0.6 is 0 Å². The molecule has 1 aliphatic rings. The molecule has 3 aromatic carbocycles. The lowest BCUT2D eigenvalue weighted by Crippen LogP contribution is -2.33. The minimum Gasteiger partial charge on any atom is -0.507 e. The van der Waals surface area contributed by atoms with Crippen LogP contribution in [-0.4, -0.2) is 42.0 Å². The molecule has 1 unspecified atom stereocenters. The average molecular weight is 405 g/mol. The first-order chi connectivity index (χ1) is 14.5. The highest BCUT2D eigenvalue weighted by Crippen LogP contribution is 2.40. The molecule has 152 valence electrons. The van der Waals surface area contributed by atoms with E-state index in [1.54, 1.807) is 18.2 Å². The van der Waals surface area contributed by atoms with E-state index in [1.807, 2.05) is 30.3 Å². The van der Waals surface area contributed by atoms with Gasteiger partial charge in [0, 0.05) is 24.8 Å². The molecule has 30 heavy (non-hydrogen) atoms. The number of fused-ring (bicyclic) bond motifs is 1. The van der Waals surface area contributed by atoms with Crippen LogP contribution in [0.3, 0.4) is 0 Å². The van der Waals surface area contributed by atoms with Crippen molar-refractivity contribution >= 4 is 28.2 Å². The van der Waals surface area contributed by atoms with Crippen molar-refractivity contribution in [3.63, 3.8) is 0 Å². The Kier molecular flexibility index (Phi) is 5.33. The van der Waals surface area contributed by atoms with Crippen LogP contribution in [0.2, 0.25) is 0 Å². The van der Waals surface area contributed by atoms with E-state index in [-0.39, 0.29) is 30.0 Å². The second-order valence-corrected chi connectivity index (χ2v) is 7.07. The Balaban J connectivity index is 1.90. The Hall–Kier alpha value is -3.51. The number of ether oxygens (including phenoxy) is 1. The standard InChI is InChI=1S/C24H20FNO4/c1-30-13-12-26-21(18-8-4-5-9-19(18)25)20(23(28)24(26)29)22(27)17-11-10-15-6-2-3-7-16(15)14-17/h2-11,14,21,27H,12-13H2,1H3/b22-20+. The van der Waals surface area contributed by atoms with Crippen molar-refractivity contribution in [1.82, 2.24) is 4.90 Å². The Bertz CT molecular complexity index is 1170. The van der Waals surface area contributed by atoms with Gasteiger partial charge in [-0.15, -0.1) is 0 Å². The fraction of sp³-hybridized carbons (Fsp3) is 0.167. The van der Waals surface area contributed by atoms with E-state index < -0.39 is 23.5 Å².